The maximum absolute atomic E-state index is 12.7. The smallest absolute Gasteiger partial charge is 0.305 e. The highest BCUT2D eigenvalue weighted by Crippen LogP contribution is 2.21. The Morgan fingerprint density at radius 1 is 0.373 bits per heavy atom. The molecule has 304 valence electrons. The second-order valence-electron chi connectivity index (χ2n) is 16.0. The summed E-state index contributed by atoms with van der Waals surface area (Å²) < 4.78 is 11.7. The van der Waals surface area contributed by atoms with Gasteiger partial charge in [-0.2, -0.15) is 0 Å². The van der Waals surface area contributed by atoms with E-state index in [2.05, 4.69) is 39.5 Å². The Hall–Kier alpha value is -1.10. The number of rotatable bonds is 41. The average molecular weight is 722 g/mol. The third-order valence-electron chi connectivity index (χ3n) is 10.9. The molecule has 0 fully saturated rings. The molecule has 0 heterocycles. The maximum atomic E-state index is 12.7. The summed E-state index contributed by atoms with van der Waals surface area (Å²) in [6.07, 6.45) is 38.2. The Morgan fingerprint density at radius 2 is 0.667 bits per heavy atom. The van der Waals surface area contributed by atoms with Gasteiger partial charge < -0.3 is 14.4 Å². The fraction of sp³-hybridized carbons (Fsp3) is 0.957. The van der Waals surface area contributed by atoms with Gasteiger partial charge in [0.15, 0.2) is 0 Å². The van der Waals surface area contributed by atoms with E-state index in [0.717, 1.165) is 45.3 Å². The van der Waals surface area contributed by atoms with Crippen molar-refractivity contribution >= 4 is 11.9 Å². The minimum absolute atomic E-state index is 0.00898. The molecule has 0 aromatic carbocycles. The van der Waals surface area contributed by atoms with Gasteiger partial charge in [-0.3, -0.25) is 9.59 Å². The second-order valence-corrected chi connectivity index (χ2v) is 16.0. The van der Waals surface area contributed by atoms with Crippen LogP contribution in [0.15, 0.2) is 0 Å². The molecule has 0 amide bonds. The SMILES string of the molecule is CCCCCCCCC(CCCCCC)COC(=O)CCCCN(CCCC)CCCCC(=O)OCC(CCCCCC)CCCCCCCC. The van der Waals surface area contributed by atoms with Crippen LogP contribution in [-0.4, -0.2) is 49.7 Å². The molecule has 5 heteroatoms. The molecule has 0 spiro atoms. The van der Waals surface area contributed by atoms with Gasteiger partial charge in [0.25, 0.3) is 0 Å². The summed E-state index contributed by atoms with van der Waals surface area (Å²) in [6, 6.07) is 0. The van der Waals surface area contributed by atoms with Crippen LogP contribution < -0.4 is 0 Å². The van der Waals surface area contributed by atoms with Crippen molar-refractivity contribution in [2.45, 2.75) is 240 Å². The molecule has 0 aromatic rings. The largest absolute Gasteiger partial charge is 0.465 e. The summed E-state index contributed by atoms with van der Waals surface area (Å²) >= 11 is 0. The van der Waals surface area contributed by atoms with Crippen molar-refractivity contribution < 1.29 is 19.1 Å². The van der Waals surface area contributed by atoms with Gasteiger partial charge in [0.2, 0.25) is 0 Å². The van der Waals surface area contributed by atoms with Gasteiger partial charge in [0, 0.05) is 12.8 Å². The van der Waals surface area contributed by atoms with Crippen LogP contribution in [0.3, 0.4) is 0 Å². The molecule has 0 aliphatic heterocycles. The molecule has 0 bridgehead atoms. The van der Waals surface area contributed by atoms with E-state index in [-0.39, 0.29) is 11.9 Å². The van der Waals surface area contributed by atoms with Gasteiger partial charge in [-0.05, 0) is 89.3 Å². The van der Waals surface area contributed by atoms with Gasteiger partial charge in [0.1, 0.15) is 0 Å². The van der Waals surface area contributed by atoms with Crippen molar-refractivity contribution in [1.82, 2.24) is 4.90 Å². The summed E-state index contributed by atoms with van der Waals surface area (Å²) in [5.74, 6) is 1.04. The standard InChI is InChI=1S/C46H91NO4/c1-6-11-16-20-22-26-34-43(32-24-18-13-8-3)41-50-45(48)36-28-30-39-47(38-15-10-5)40-31-29-37-46(49)51-42-44(33-25-19-14-9-4)35-27-23-21-17-12-7-2/h43-44H,6-42H2,1-5H3. The van der Waals surface area contributed by atoms with Crippen LogP contribution in [0.25, 0.3) is 0 Å². The van der Waals surface area contributed by atoms with Gasteiger partial charge in [-0.1, -0.05) is 169 Å². The zero-order valence-corrected chi connectivity index (χ0v) is 35.4. The van der Waals surface area contributed by atoms with Crippen molar-refractivity contribution in [3.63, 3.8) is 0 Å². The molecular formula is C46H91NO4. The fourth-order valence-corrected chi connectivity index (χ4v) is 7.26. The number of unbranched alkanes of at least 4 members (excludes halogenated alkanes) is 19. The number of esters is 2. The van der Waals surface area contributed by atoms with E-state index >= 15 is 0 Å². The molecular weight excluding hydrogens is 631 g/mol. The van der Waals surface area contributed by atoms with Crippen molar-refractivity contribution in [2.75, 3.05) is 32.8 Å². The van der Waals surface area contributed by atoms with Crippen LogP contribution >= 0.6 is 0 Å². The zero-order valence-electron chi connectivity index (χ0n) is 35.4. The van der Waals surface area contributed by atoms with Crippen molar-refractivity contribution in [2.24, 2.45) is 11.8 Å². The van der Waals surface area contributed by atoms with Crippen molar-refractivity contribution in [1.29, 1.82) is 0 Å². The number of carbonyl (C=O) groups excluding carboxylic acids is 2. The van der Waals surface area contributed by atoms with E-state index in [4.69, 9.17) is 9.47 Å². The lowest BCUT2D eigenvalue weighted by Crippen LogP contribution is -2.27. The van der Waals surface area contributed by atoms with E-state index < -0.39 is 0 Å². The molecule has 0 radical (unpaired) electrons. The molecule has 0 aliphatic carbocycles. The first kappa shape index (κ1) is 49.9. The first-order chi connectivity index (χ1) is 25.0. The van der Waals surface area contributed by atoms with Crippen LogP contribution in [-0.2, 0) is 19.1 Å². The van der Waals surface area contributed by atoms with E-state index in [1.807, 2.05) is 0 Å². The molecule has 0 rings (SSSR count). The number of carbonyl (C=O) groups is 2. The van der Waals surface area contributed by atoms with Crippen LogP contribution in [0, 0.1) is 11.8 Å². The molecule has 51 heavy (non-hydrogen) atoms. The minimum Gasteiger partial charge on any atom is -0.465 e. The third kappa shape index (κ3) is 35.7. The summed E-state index contributed by atoms with van der Waals surface area (Å²) in [7, 11) is 0. The lowest BCUT2D eigenvalue weighted by atomic mass is 9.95. The third-order valence-corrected chi connectivity index (χ3v) is 10.9. The maximum Gasteiger partial charge on any atom is 0.305 e. The van der Waals surface area contributed by atoms with Crippen molar-refractivity contribution in [3.05, 3.63) is 0 Å². The first-order valence-corrected chi connectivity index (χ1v) is 23.0. The van der Waals surface area contributed by atoms with E-state index in [1.54, 1.807) is 0 Å². The summed E-state index contributed by atoms with van der Waals surface area (Å²) in [5, 5.41) is 0. The number of hydrogen-bond acceptors (Lipinski definition) is 5. The van der Waals surface area contributed by atoms with Gasteiger partial charge in [0.05, 0.1) is 13.2 Å². The van der Waals surface area contributed by atoms with E-state index in [9.17, 15) is 9.59 Å². The normalized spacial score (nSPS) is 12.7. The molecule has 0 aromatic heterocycles. The van der Waals surface area contributed by atoms with Crippen LogP contribution in [0.5, 0.6) is 0 Å². The van der Waals surface area contributed by atoms with Crippen LogP contribution in [0.1, 0.15) is 240 Å². The Labute approximate surface area is 319 Å². The highest BCUT2D eigenvalue weighted by atomic mass is 16.5. The summed E-state index contributed by atoms with van der Waals surface area (Å²) in [4.78, 5) is 27.9. The monoisotopic (exact) mass is 722 g/mol. The number of nitrogens with zero attached hydrogens (tertiary/aromatic N) is 1. The lowest BCUT2D eigenvalue weighted by Gasteiger charge is -2.22. The molecule has 0 saturated carbocycles. The zero-order chi connectivity index (χ0) is 37.5. The predicted molar refractivity (Wildman–Crippen MR) is 221 cm³/mol. The number of ether oxygens (including phenoxy) is 2. The molecule has 0 N–H and O–H groups in total. The summed E-state index contributed by atoms with van der Waals surface area (Å²) in [5.41, 5.74) is 0. The second kappa shape index (κ2) is 40.1. The predicted octanol–water partition coefficient (Wildman–Crippen LogP) is 14.2. The van der Waals surface area contributed by atoms with Crippen LogP contribution in [0.4, 0.5) is 0 Å². The average Bonchev–Trinajstić information content (AvgIpc) is 3.13. The van der Waals surface area contributed by atoms with Crippen LogP contribution in [0.2, 0.25) is 0 Å². The van der Waals surface area contributed by atoms with E-state index in [1.165, 1.54) is 167 Å². The highest BCUT2D eigenvalue weighted by molar-refractivity contribution is 5.69. The Balaban J connectivity index is 4.41. The summed E-state index contributed by atoms with van der Waals surface area (Å²) in [6.45, 7) is 15.7. The number of hydrogen-bond donors (Lipinski definition) is 0. The molecule has 0 aliphatic rings. The van der Waals surface area contributed by atoms with Gasteiger partial charge in [-0.25, -0.2) is 0 Å². The Morgan fingerprint density at radius 3 is 1.02 bits per heavy atom. The topological polar surface area (TPSA) is 55.8 Å². The fourth-order valence-electron chi connectivity index (χ4n) is 7.26. The Bertz CT molecular complexity index is 672. The molecule has 5 nitrogen and oxygen atoms in total. The molecule has 2 atom stereocenters. The highest BCUT2D eigenvalue weighted by Gasteiger charge is 2.15. The molecule has 0 saturated heterocycles. The van der Waals surface area contributed by atoms with Gasteiger partial charge >= 0.3 is 11.9 Å². The van der Waals surface area contributed by atoms with E-state index in [0.29, 0.717) is 37.9 Å². The lowest BCUT2D eigenvalue weighted by molar-refractivity contribution is -0.146. The first-order valence-electron chi connectivity index (χ1n) is 23.0. The minimum atomic E-state index is -0.00898. The quantitative estimate of drug-likeness (QED) is 0.0465. The van der Waals surface area contributed by atoms with Gasteiger partial charge in [-0.15, -0.1) is 0 Å². The molecule has 2 unspecified atom stereocenters. The Kier molecular flexibility index (Phi) is 39.2. The van der Waals surface area contributed by atoms with Crippen molar-refractivity contribution in [3.8, 4) is 0 Å².